The number of methoxy groups -OCH3 is 1. The first-order valence-corrected chi connectivity index (χ1v) is 10.4. The largest absolute Gasteiger partial charge is 0.497 e. The quantitative estimate of drug-likeness (QED) is 0.635. The lowest BCUT2D eigenvalue weighted by Crippen LogP contribution is -2.35. The van der Waals surface area contributed by atoms with E-state index in [4.69, 9.17) is 9.47 Å². The Bertz CT molecular complexity index is 987. The zero-order valence-corrected chi connectivity index (χ0v) is 17.5. The molecule has 2 N–H and O–H groups in total. The van der Waals surface area contributed by atoms with Crippen LogP contribution in [0.15, 0.2) is 47.4 Å². The molecule has 0 aliphatic heterocycles. The van der Waals surface area contributed by atoms with Crippen LogP contribution in [0.1, 0.15) is 29.8 Å². The number of nitrogens with one attached hydrogen (secondary N) is 2. The molecule has 9 heteroatoms. The smallest absolute Gasteiger partial charge is 0.339 e. The highest BCUT2D eigenvalue weighted by molar-refractivity contribution is 7.92. The van der Waals surface area contributed by atoms with Crippen LogP contribution in [0.5, 0.6) is 5.75 Å². The number of benzene rings is 2. The van der Waals surface area contributed by atoms with Crippen LogP contribution in [0.25, 0.3) is 0 Å². The average Bonchev–Trinajstić information content (AvgIpc) is 2.68. The normalized spacial score (nSPS) is 12.0. The molecule has 0 aliphatic rings. The number of hydrogen-bond acceptors (Lipinski definition) is 6. The maximum atomic E-state index is 12.7. The van der Waals surface area contributed by atoms with E-state index in [1.54, 1.807) is 38.1 Å². The zero-order chi connectivity index (χ0) is 21.6. The summed E-state index contributed by atoms with van der Waals surface area (Å²) in [6.45, 7) is 5.26. The van der Waals surface area contributed by atoms with Crippen molar-refractivity contribution in [2.24, 2.45) is 0 Å². The van der Waals surface area contributed by atoms with Crippen molar-refractivity contribution in [3.05, 3.63) is 53.6 Å². The first-order valence-electron chi connectivity index (χ1n) is 8.94. The lowest BCUT2D eigenvalue weighted by molar-refractivity contribution is -0.128. The van der Waals surface area contributed by atoms with Gasteiger partial charge in [-0.05, 0) is 62.7 Å². The molecule has 1 amide bonds. The number of esters is 1. The highest BCUT2D eigenvalue weighted by atomic mass is 32.2. The van der Waals surface area contributed by atoms with Crippen molar-refractivity contribution < 1.29 is 27.5 Å². The average molecular weight is 420 g/mol. The molecule has 0 spiro atoms. The third kappa shape index (κ3) is 5.71. The molecule has 0 bridgehead atoms. The molecular formula is C20H24N2O6S. The highest BCUT2D eigenvalue weighted by Crippen LogP contribution is 2.22. The summed E-state index contributed by atoms with van der Waals surface area (Å²) in [6.07, 6.45) is -1.00. The monoisotopic (exact) mass is 420 g/mol. The minimum Gasteiger partial charge on any atom is -0.497 e. The van der Waals surface area contributed by atoms with Gasteiger partial charge in [-0.25, -0.2) is 13.2 Å². The molecule has 2 rings (SSSR count). The second-order valence-corrected chi connectivity index (χ2v) is 7.94. The van der Waals surface area contributed by atoms with Crippen LogP contribution >= 0.6 is 0 Å². The van der Waals surface area contributed by atoms with Gasteiger partial charge in [-0.2, -0.15) is 0 Å². The van der Waals surface area contributed by atoms with E-state index in [9.17, 15) is 18.0 Å². The van der Waals surface area contributed by atoms with E-state index in [1.165, 1.54) is 32.2 Å². The number of anilines is 1. The van der Waals surface area contributed by atoms with E-state index in [0.717, 1.165) is 0 Å². The van der Waals surface area contributed by atoms with Gasteiger partial charge in [0.15, 0.2) is 6.10 Å². The Morgan fingerprint density at radius 2 is 1.76 bits per heavy atom. The van der Waals surface area contributed by atoms with Gasteiger partial charge in [0.25, 0.3) is 15.9 Å². The fraction of sp³-hybridized carbons (Fsp3) is 0.300. The van der Waals surface area contributed by atoms with Gasteiger partial charge in [0, 0.05) is 12.2 Å². The topological polar surface area (TPSA) is 111 Å². The lowest BCUT2D eigenvalue weighted by atomic mass is 10.1. The number of carbonyl (C=O) groups is 2. The van der Waals surface area contributed by atoms with Crippen LogP contribution in [0.4, 0.5) is 5.69 Å². The molecule has 0 saturated heterocycles. The Morgan fingerprint density at radius 1 is 1.10 bits per heavy atom. The number of carbonyl (C=O) groups excluding carboxylic acids is 2. The number of hydrogen-bond donors (Lipinski definition) is 2. The van der Waals surface area contributed by atoms with Crippen molar-refractivity contribution in [3.8, 4) is 5.75 Å². The number of rotatable bonds is 8. The van der Waals surface area contributed by atoms with Gasteiger partial charge in [0.2, 0.25) is 0 Å². The van der Waals surface area contributed by atoms with Gasteiger partial charge in [-0.3, -0.25) is 9.52 Å². The number of sulfonamides is 1. The first kappa shape index (κ1) is 22.2. The van der Waals surface area contributed by atoms with Crippen molar-refractivity contribution in [2.75, 3.05) is 18.4 Å². The molecule has 0 aromatic heterocycles. The second kappa shape index (κ2) is 9.42. The Kier molecular flexibility index (Phi) is 7.22. The van der Waals surface area contributed by atoms with Gasteiger partial charge in [0.05, 0.1) is 17.6 Å². The van der Waals surface area contributed by atoms with Crippen molar-refractivity contribution in [1.29, 1.82) is 0 Å². The summed E-state index contributed by atoms with van der Waals surface area (Å²) in [6, 6.07) is 10.5. The van der Waals surface area contributed by atoms with Gasteiger partial charge in [-0.1, -0.05) is 6.07 Å². The maximum Gasteiger partial charge on any atom is 0.339 e. The van der Waals surface area contributed by atoms with Gasteiger partial charge < -0.3 is 14.8 Å². The number of likely N-dealkylation sites (N-methyl/N-ethyl adjacent to an activating group) is 1. The fourth-order valence-corrected chi connectivity index (χ4v) is 3.54. The zero-order valence-electron chi connectivity index (χ0n) is 16.7. The van der Waals surface area contributed by atoms with E-state index >= 15 is 0 Å². The first-order chi connectivity index (χ1) is 13.7. The standard InChI is InChI=1S/C20H24N2O6S/c1-5-21-19(23)14(3)28-20(24)18-12-17(11-6-13(18)2)29(25,26)22-15-7-9-16(27-4)10-8-15/h6-12,14,22H,5H2,1-4H3,(H,21,23)/t14-/m0/s1. The summed E-state index contributed by atoms with van der Waals surface area (Å²) in [4.78, 5) is 24.1. The molecule has 0 aliphatic carbocycles. The Hall–Kier alpha value is -3.07. The van der Waals surface area contributed by atoms with E-state index in [2.05, 4.69) is 10.0 Å². The maximum absolute atomic E-state index is 12.7. The van der Waals surface area contributed by atoms with E-state index in [0.29, 0.717) is 23.5 Å². The predicted octanol–water partition coefficient (Wildman–Crippen LogP) is 2.49. The SMILES string of the molecule is CCNC(=O)[C@H](C)OC(=O)c1cc(S(=O)(=O)Nc2ccc(OC)cc2)ccc1C. The second-order valence-electron chi connectivity index (χ2n) is 6.25. The Morgan fingerprint density at radius 3 is 2.34 bits per heavy atom. The Labute approximate surface area is 170 Å². The molecule has 8 nitrogen and oxygen atoms in total. The summed E-state index contributed by atoms with van der Waals surface area (Å²) in [5.74, 6) is -0.610. The molecule has 1 atom stereocenters. The molecule has 0 fully saturated rings. The minimum atomic E-state index is -3.94. The van der Waals surface area contributed by atoms with Crippen molar-refractivity contribution in [2.45, 2.75) is 31.8 Å². The van der Waals surface area contributed by atoms with E-state index < -0.39 is 28.0 Å². The molecule has 2 aromatic carbocycles. The summed E-state index contributed by atoms with van der Waals surface area (Å²) in [5, 5.41) is 2.56. The minimum absolute atomic E-state index is 0.0683. The summed E-state index contributed by atoms with van der Waals surface area (Å²) < 4.78 is 38.1. The van der Waals surface area contributed by atoms with Gasteiger partial charge in [0.1, 0.15) is 5.75 Å². The third-order valence-electron chi connectivity index (χ3n) is 4.09. The van der Waals surface area contributed by atoms with E-state index in [-0.39, 0.29) is 10.5 Å². The van der Waals surface area contributed by atoms with Crippen molar-refractivity contribution >= 4 is 27.6 Å². The van der Waals surface area contributed by atoms with Crippen LogP contribution < -0.4 is 14.8 Å². The molecule has 0 heterocycles. The molecule has 156 valence electrons. The van der Waals surface area contributed by atoms with Crippen molar-refractivity contribution in [3.63, 3.8) is 0 Å². The molecule has 0 unspecified atom stereocenters. The molecule has 2 aromatic rings. The van der Waals surface area contributed by atoms with Crippen LogP contribution in [-0.4, -0.2) is 40.1 Å². The highest BCUT2D eigenvalue weighted by Gasteiger charge is 2.22. The summed E-state index contributed by atoms with van der Waals surface area (Å²) in [7, 11) is -2.42. The number of ether oxygens (including phenoxy) is 2. The molecule has 0 radical (unpaired) electrons. The summed E-state index contributed by atoms with van der Waals surface area (Å²) in [5.41, 5.74) is 0.945. The molecular weight excluding hydrogens is 396 g/mol. The molecule has 29 heavy (non-hydrogen) atoms. The molecule has 0 saturated carbocycles. The van der Waals surface area contributed by atoms with E-state index in [1.807, 2.05) is 0 Å². The third-order valence-corrected chi connectivity index (χ3v) is 5.46. The number of aryl methyl sites for hydroxylation is 1. The van der Waals surface area contributed by atoms with Crippen LogP contribution in [0.3, 0.4) is 0 Å². The van der Waals surface area contributed by atoms with Gasteiger partial charge >= 0.3 is 5.97 Å². The number of amides is 1. The van der Waals surface area contributed by atoms with Crippen molar-refractivity contribution in [1.82, 2.24) is 5.32 Å². The summed E-state index contributed by atoms with van der Waals surface area (Å²) >= 11 is 0. The van der Waals surface area contributed by atoms with Crippen LogP contribution in [0.2, 0.25) is 0 Å². The fourth-order valence-electron chi connectivity index (χ4n) is 2.46. The van der Waals surface area contributed by atoms with Crippen LogP contribution in [-0.2, 0) is 19.6 Å². The van der Waals surface area contributed by atoms with Gasteiger partial charge in [-0.15, -0.1) is 0 Å². The van der Waals surface area contributed by atoms with Crippen LogP contribution in [0, 0.1) is 6.92 Å². The Balaban J connectivity index is 2.23. The predicted molar refractivity (Wildman–Crippen MR) is 109 cm³/mol. The lowest BCUT2D eigenvalue weighted by Gasteiger charge is -2.15.